The van der Waals surface area contributed by atoms with Crippen LogP contribution in [0.25, 0.3) is 0 Å². The lowest BCUT2D eigenvalue weighted by Gasteiger charge is -2.12. The highest BCUT2D eigenvalue weighted by atomic mass is 15.0. The van der Waals surface area contributed by atoms with Crippen molar-refractivity contribution in [3.8, 4) is 0 Å². The van der Waals surface area contributed by atoms with Gasteiger partial charge in [0.15, 0.2) is 0 Å². The smallest absolute Gasteiger partial charge is 0.108 e. The molecule has 3 heteroatoms. The Morgan fingerprint density at radius 3 is 3.21 bits per heavy atom. The maximum Gasteiger partial charge on any atom is 0.108 e. The fourth-order valence-corrected chi connectivity index (χ4v) is 2.15. The van der Waals surface area contributed by atoms with Gasteiger partial charge in [0.1, 0.15) is 5.82 Å². The molecule has 0 radical (unpaired) electrons. The third kappa shape index (κ3) is 2.35. The van der Waals surface area contributed by atoms with Crippen LogP contribution in [0, 0.1) is 5.92 Å². The minimum atomic E-state index is 0.825. The number of nitrogens with one attached hydrogen (secondary N) is 1. The average Bonchev–Trinajstić information content (AvgIpc) is 2.44. The van der Waals surface area contributed by atoms with E-state index < -0.39 is 0 Å². The van der Waals surface area contributed by atoms with Gasteiger partial charge in [0.05, 0.1) is 0 Å². The summed E-state index contributed by atoms with van der Waals surface area (Å²) >= 11 is 0. The van der Waals surface area contributed by atoms with Crippen molar-refractivity contribution in [3.05, 3.63) is 18.2 Å². The van der Waals surface area contributed by atoms with E-state index in [1.54, 1.807) is 0 Å². The van der Waals surface area contributed by atoms with Crippen molar-refractivity contribution in [2.45, 2.75) is 25.7 Å². The van der Waals surface area contributed by atoms with Gasteiger partial charge in [-0.15, -0.1) is 0 Å². The molecule has 0 amide bonds. The Bertz CT molecular complexity index is 272. The van der Waals surface area contributed by atoms with Crippen LogP contribution in [0.5, 0.6) is 0 Å². The zero-order chi connectivity index (χ0) is 9.80. The predicted octanol–water partition coefficient (Wildman–Crippen LogP) is 1.35. The highest BCUT2D eigenvalue weighted by Gasteiger charge is 2.14. The lowest BCUT2D eigenvalue weighted by molar-refractivity contribution is 0.454. The summed E-state index contributed by atoms with van der Waals surface area (Å²) in [7, 11) is 2.08. The third-order valence-electron chi connectivity index (χ3n) is 3.09. The highest BCUT2D eigenvalue weighted by molar-refractivity contribution is 4.93. The largest absolute Gasteiger partial charge is 0.338 e. The molecule has 1 atom stereocenters. The van der Waals surface area contributed by atoms with Crippen LogP contribution in [-0.4, -0.2) is 22.6 Å². The molecule has 1 aromatic rings. The van der Waals surface area contributed by atoms with Gasteiger partial charge >= 0.3 is 0 Å². The molecule has 0 aliphatic carbocycles. The van der Waals surface area contributed by atoms with Gasteiger partial charge in [-0.3, -0.25) is 0 Å². The zero-order valence-corrected chi connectivity index (χ0v) is 8.87. The van der Waals surface area contributed by atoms with Crippen LogP contribution in [0.2, 0.25) is 0 Å². The van der Waals surface area contributed by atoms with E-state index in [2.05, 4.69) is 21.9 Å². The van der Waals surface area contributed by atoms with Crippen LogP contribution in [0.1, 0.15) is 25.1 Å². The average molecular weight is 193 g/mol. The molecule has 1 saturated heterocycles. The molecule has 0 saturated carbocycles. The van der Waals surface area contributed by atoms with Crippen molar-refractivity contribution in [1.82, 2.24) is 14.9 Å². The van der Waals surface area contributed by atoms with Crippen molar-refractivity contribution in [2.75, 3.05) is 13.1 Å². The molecule has 78 valence electrons. The van der Waals surface area contributed by atoms with E-state index in [0.717, 1.165) is 12.3 Å². The number of aromatic nitrogens is 2. The van der Waals surface area contributed by atoms with Gasteiger partial charge in [0, 0.05) is 25.9 Å². The molecule has 2 rings (SSSR count). The Balaban J connectivity index is 1.92. The Labute approximate surface area is 85.5 Å². The van der Waals surface area contributed by atoms with Crippen molar-refractivity contribution in [2.24, 2.45) is 13.0 Å². The van der Waals surface area contributed by atoms with E-state index in [0.29, 0.717) is 0 Å². The predicted molar refractivity (Wildman–Crippen MR) is 57.1 cm³/mol. The van der Waals surface area contributed by atoms with Crippen molar-refractivity contribution < 1.29 is 0 Å². The lowest BCUT2D eigenvalue weighted by atomic mass is 9.97. The lowest BCUT2D eigenvalue weighted by Crippen LogP contribution is -2.15. The first-order valence-corrected chi connectivity index (χ1v) is 5.53. The molecule has 1 aliphatic heterocycles. The summed E-state index contributed by atoms with van der Waals surface area (Å²) in [6.07, 6.45) is 9.03. The van der Waals surface area contributed by atoms with Gasteiger partial charge in [-0.05, 0) is 38.3 Å². The molecule has 14 heavy (non-hydrogen) atoms. The molecule has 1 fully saturated rings. The Kier molecular flexibility index (Phi) is 3.19. The second kappa shape index (κ2) is 4.60. The molecule has 0 bridgehead atoms. The van der Waals surface area contributed by atoms with Crippen LogP contribution in [-0.2, 0) is 13.5 Å². The summed E-state index contributed by atoms with van der Waals surface area (Å²) in [6, 6.07) is 0. The molecule has 0 spiro atoms. The van der Waals surface area contributed by atoms with Gasteiger partial charge in [-0.2, -0.15) is 0 Å². The fraction of sp³-hybridized carbons (Fsp3) is 0.727. The first-order chi connectivity index (χ1) is 6.86. The third-order valence-corrected chi connectivity index (χ3v) is 3.09. The first kappa shape index (κ1) is 9.71. The quantitative estimate of drug-likeness (QED) is 0.768. The Morgan fingerprint density at radius 2 is 2.43 bits per heavy atom. The minimum Gasteiger partial charge on any atom is -0.338 e. The van der Waals surface area contributed by atoms with E-state index in [1.165, 1.54) is 38.2 Å². The van der Waals surface area contributed by atoms with Crippen LogP contribution in [0.4, 0.5) is 0 Å². The summed E-state index contributed by atoms with van der Waals surface area (Å²) in [4.78, 5) is 4.38. The number of rotatable bonds is 2. The molecule has 1 aliphatic rings. The maximum absolute atomic E-state index is 4.38. The van der Waals surface area contributed by atoms with Crippen LogP contribution in [0.15, 0.2) is 12.4 Å². The minimum absolute atomic E-state index is 0.825. The normalized spacial score (nSPS) is 23.4. The number of hydrogen-bond acceptors (Lipinski definition) is 2. The number of hydrogen-bond donors (Lipinski definition) is 1. The van der Waals surface area contributed by atoms with E-state index in [4.69, 9.17) is 0 Å². The standard InChI is InChI=1S/C11H19N3/c1-14-8-7-13-11(14)9-10-3-2-5-12-6-4-10/h7-8,10,12H,2-6,9H2,1H3. The van der Waals surface area contributed by atoms with Crippen LogP contribution < -0.4 is 5.32 Å². The van der Waals surface area contributed by atoms with Crippen molar-refractivity contribution in [1.29, 1.82) is 0 Å². The number of aryl methyl sites for hydroxylation is 1. The van der Waals surface area contributed by atoms with Crippen molar-refractivity contribution >= 4 is 0 Å². The molecule has 0 aromatic carbocycles. The molecule has 3 nitrogen and oxygen atoms in total. The zero-order valence-electron chi connectivity index (χ0n) is 8.87. The summed E-state index contributed by atoms with van der Waals surface area (Å²) < 4.78 is 2.14. The Morgan fingerprint density at radius 1 is 1.50 bits per heavy atom. The van der Waals surface area contributed by atoms with E-state index in [9.17, 15) is 0 Å². The van der Waals surface area contributed by atoms with Crippen LogP contribution in [0.3, 0.4) is 0 Å². The molecular formula is C11H19N3. The topological polar surface area (TPSA) is 29.9 Å². The summed E-state index contributed by atoms with van der Waals surface area (Å²) in [5.41, 5.74) is 0. The molecule has 2 heterocycles. The molecular weight excluding hydrogens is 174 g/mol. The van der Waals surface area contributed by atoms with E-state index in [1.807, 2.05) is 12.4 Å². The summed E-state index contributed by atoms with van der Waals surface area (Å²) in [5.74, 6) is 2.06. The van der Waals surface area contributed by atoms with Gasteiger partial charge in [0.2, 0.25) is 0 Å². The SMILES string of the molecule is Cn1ccnc1CC1CCCNCC1. The van der Waals surface area contributed by atoms with Gasteiger partial charge in [0.25, 0.3) is 0 Å². The molecule has 1 unspecified atom stereocenters. The monoisotopic (exact) mass is 193 g/mol. The second-order valence-electron chi connectivity index (χ2n) is 4.21. The van der Waals surface area contributed by atoms with Gasteiger partial charge < -0.3 is 9.88 Å². The second-order valence-corrected chi connectivity index (χ2v) is 4.21. The van der Waals surface area contributed by atoms with Crippen molar-refractivity contribution in [3.63, 3.8) is 0 Å². The number of imidazole rings is 1. The van der Waals surface area contributed by atoms with E-state index in [-0.39, 0.29) is 0 Å². The summed E-state index contributed by atoms with van der Waals surface area (Å²) in [5, 5.41) is 3.44. The molecule has 1 aromatic heterocycles. The summed E-state index contributed by atoms with van der Waals surface area (Å²) in [6.45, 7) is 2.37. The van der Waals surface area contributed by atoms with E-state index >= 15 is 0 Å². The number of nitrogens with zero attached hydrogens (tertiary/aromatic N) is 2. The van der Waals surface area contributed by atoms with Gasteiger partial charge in [-0.1, -0.05) is 0 Å². The molecule has 1 N–H and O–H groups in total. The van der Waals surface area contributed by atoms with Crippen LogP contribution >= 0.6 is 0 Å². The first-order valence-electron chi connectivity index (χ1n) is 5.53. The highest BCUT2D eigenvalue weighted by Crippen LogP contribution is 2.17. The Hall–Kier alpha value is -0.830. The fourth-order valence-electron chi connectivity index (χ4n) is 2.15. The van der Waals surface area contributed by atoms with Gasteiger partial charge in [-0.25, -0.2) is 4.98 Å². The maximum atomic E-state index is 4.38.